The molecule has 1 aromatic rings. The van der Waals surface area contributed by atoms with Gasteiger partial charge in [-0.1, -0.05) is 6.07 Å². The highest BCUT2D eigenvalue weighted by Crippen LogP contribution is 2.33. The summed E-state index contributed by atoms with van der Waals surface area (Å²) in [5.74, 6) is -0.508. The van der Waals surface area contributed by atoms with E-state index in [2.05, 4.69) is 5.32 Å². The van der Waals surface area contributed by atoms with E-state index in [1.54, 1.807) is 19.2 Å². The van der Waals surface area contributed by atoms with E-state index < -0.39 is 16.4 Å². The number of carbonyl (C=O) groups is 1. The minimum absolute atomic E-state index is 0.0430. The van der Waals surface area contributed by atoms with E-state index >= 15 is 0 Å². The van der Waals surface area contributed by atoms with Gasteiger partial charge < -0.3 is 15.2 Å². The smallest absolute Gasteiger partial charge is 0.324 e. The second kappa shape index (κ2) is 5.46. The Labute approximate surface area is 115 Å². The molecule has 2 unspecified atom stereocenters. The molecular formula is C13H16N2O5. The van der Waals surface area contributed by atoms with Crippen molar-refractivity contribution in [3.05, 3.63) is 34.4 Å². The van der Waals surface area contributed by atoms with Crippen molar-refractivity contribution in [1.29, 1.82) is 0 Å². The van der Waals surface area contributed by atoms with Crippen molar-refractivity contribution in [2.24, 2.45) is 0 Å². The number of likely N-dealkylation sites (N-methyl/N-ethyl adjacent to an activating group) is 1. The van der Waals surface area contributed by atoms with E-state index in [1.165, 1.54) is 12.1 Å². The molecule has 1 fully saturated rings. The van der Waals surface area contributed by atoms with Gasteiger partial charge in [-0.05, 0) is 26.0 Å². The summed E-state index contributed by atoms with van der Waals surface area (Å²) in [4.78, 5) is 21.5. The van der Waals surface area contributed by atoms with Crippen LogP contribution in [0.3, 0.4) is 0 Å². The van der Waals surface area contributed by atoms with E-state index in [1.807, 2.05) is 0 Å². The van der Waals surface area contributed by atoms with Crippen LogP contribution in [-0.2, 0) is 4.79 Å². The summed E-state index contributed by atoms with van der Waals surface area (Å²) >= 11 is 0. The zero-order chi connectivity index (χ0) is 14.8. The number of nitro groups is 1. The number of nitrogens with one attached hydrogen (secondary N) is 1. The lowest BCUT2D eigenvalue weighted by Gasteiger charge is -2.23. The van der Waals surface area contributed by atoms with E-state index in [9.17, 15) is 20.0 Å². The Bertz CT molecular complexity index is 533. The minimum atomic E-state index is -0.967. The predicted molar refractivity (Wildman–Crippen MR) is 70.8 cm³/mol. The number of benzene rings is 1. The molecule has 0 bridgehead atoms. The number of hydrogen-bond acceptors (Lipinski definition) is 5. The molecule has 1 aromatic carbocycles. The molecule has 0 saturated heterocycles. The fourth-order valence-electron chi connectivity index (χ4n) is 2.49. The molecule has 1 aliphatic rings. The molecule has 0 amide bonds. The molecule has 0 heterocycles. The molecule has 108 valence electrons. The van der Waals surface area contributed by atoms with Crippen LogP contribution in [0, 0.1) is 10.1 Å². The van der Waals surface area contributed by atoms with Gasteiger partial charge in [-0.2, -0.15) is 0 Å². The maximum absolute atomic E-state index is 11.3. The second-order valence-electron chi connectivity index (χ2n) is 4.87. The molecule has 2 atom stereocenters. The van der Waals surface area contributed by atoms with Crippen LogP contribution in [0.15, 0.2) is 24.3 Å². The first kappa shape index (κ1) is 14.3. The summed E-state index contributed by atoms with van der Waals surface area (Å²) in [5, 5.41) is 22.8. The van der Waals surface area contributed by atoms with E-state index in [0.717, 1.165) is 0 Å². The average molecular weight is 280 g/mol. The monoisotopic (exact) mass is 280 g/mol. The van der Waals surface area contributed by atoms with Crippen LogP contribution in [0.5, 0.6) is 5.75 Å². The average Bonchev–Trinajstić information content (AvgIpc) is 2.83. The zero-order valence-electron chi connectivity index (χ0n) is 11.0. The highest BCUT2D eigenvalue weighted by molar-refractivity contribution is 5.79. The number of carboxylic acids is 1. The number of nitrogens with zero attached hydrogens (tertiary/aromatic N) is 1. The van der Waals surface area contributed by atoms with Crippen LogP contribution >= 0.6 is 0 Å². The third-order valence-corrected chi connectivity index (χ3v) is 3.69. The Hall–Kier alpha value is -2.15. The van der Waals surface area contributed by atoms with Gasteiger partial charge in [-0.3, -0.25) is 14.9 Å². The number of ether oxygens (including phenoxy) is 1. The van der Waals surface area contributed by atoms with E-state index in [0.29, 0.717) is 25.0 Å². The van der Waals surface area contributed by atoms with Crippen molar-refractivity contribution in [1.82, 2.24) is 5.32 Å². The predicted octanol–water partition coefficient (Wildman–Crippen LogP) is 1.57. The van der Waals surface area contributed by atoms with Crippen LogP contribution in [0.4, 0.5) is 5.69 Å². The quantitative estimate of drug-likeness (QED) is 0.627. The third-order valence-electron chi connectivity index (χ3n) is 3.69. The summed E-state index contributed by atoms with van der Waals surface area (Å²) in [7, 11) is 1.61. The van der Waals surface area contributed by atoms with Gasteiger partial charge in [0.15, 0.2) is 0 Å². The molecule has 0 aromatic heterocycles. The second-order valence-corrected chi connectivity index (χ2v) is 4.87. The molecule has 2 rings (SSSR count). The number of carboxylic acid groups (broad SMARTS) is 1. The summed E-state index contributed by atoms with van der Waals surface area (Å²) in [6.07, 6.45) is 1.14. The van der Waals surface area contributed by atoms with Crippen LogP contribution in [-0.4, -0.2) is 34.7 Å². The highest BCUT2D eigenvalue weighted by atomic mass is 16.6. The number of hydrogen-bond donors (Lipinski definition) is 2. The SMILES string of the molecule is CNC1(C(=O)O)CCC(Oc2cccc([N+](=O)[O-])c2)C1. The topological polar surface area (TPSA) is 102 Å². The standard InChI is InChI=1S/C13H16N2O5/c1-14-13(12(16)17)6-5-11(8-13)20-10-4-2-3-9(7-10)15(18)19/h2-4,7,11,14H,5-6,8H2,1H3,(H,16,17). The van der Waals surface area contributed by atoms with Gasteiger partial charge in [0.25, 0.3) is 5.69 Å². The van der Waals surface area contributed by atoms with Crippen molar-refractivity contribution >= 4 is 11.7 Å². The Morgan fingerprint density at radius 2 is 2.35 bits per heavy atom. The van der Waals surface area contributed by atoms with Crippen molar-refractivity contribution in [3.63, 3.8) is 0 Å². The number of nitro benzene ring substituents is 1. The van der Waals surface area contributed by atoms with Crippen LogP contribution in [0.1, 0.15) is 19.3 Å². The van der Waals surface area contributed by atoms with Crippen molar-refractivity contribution in [2.45, 2.75) is 30.9 Å². The van der Waals surface area contributed by atoms with Crippen molar-refractivity contribution < 1.29 is 19.6 Å². The van der Waals surface area contributed by atoms with Crippen molar-refractivity contribution in [3.8, 4) is 5.75 Å². The van der Waals surface area contributed by atoms with Gasteiger partial charge in [-0.25, -0.2) is 0 Å². The molecule has 2 N–H and O–H groups in total. The molecule has 0 spiro atoms. The summed E-state index contributed by atoms with van der Waals surface area (Å²) in [5.41, 5.74) is -1.01. The lowest BCUT2D eigenvalue weighted by atomic mass is 9.98. The Morgan fingerprint density at radius 1 is 1.60 bits per heavy atom. The summed E-state index contributed by atoms with van der Waals surface area (Å²) < 4.78 is 5.67. The van der Waals surface area contributed by atoms with Gasteiger partial charge in [0, 0.05) is 12.5 Å². The maximum atomic E-state index is 11.3. The highest BCUT2D eigenvalue weighted by Gasteiger charge is 2.45. The molecule has 20 heavy (non-hydrogen) atoms. The molecule has 1 aliphatic carbocycles. The van der Waals surface area contributed by atoms with Gasteiger partial charge in [0.1, 0.15) is 17.4 Å². The number of aliphatic carboxylic acids is 1. The molecule has 1 saturated carbocycles. The van der Waals surface area contributed by atoms with Crippen LogP contribution < -0.4 is 10.1 Å². The zero-order valence-corrected chi connectivity index (χ0v) is 11.0. The largest absolute Gasteiger partial charge is 0.490 e. The third kappa shape index (κ3) is 2.72. The Balaban J connectivity index is 2.07. The summed E-state index contributed by atoms with van der Waals surface area (Å²) in [6, 6.07) is 5.91. The van der Waals surface area contributed by atoms with E-state index in [4.69, 9.17) is 4.74 Å². The molecule has 7 nitrogen and oxygen atoms in total. The lowest BCUT2D eigenvalue weighted by Crippen LogP contribution is -2.48. The molecular weight excluding hydrogens is 264 g/mol. The van der Waals surface area contributed by atoms with Crippen LogP contribution in [0.25, 0.3) is 0 Å². The first-order chi connectivity index (χ1) is 9.47. The van der Waals surface area contributed by atoms with Crippen LogP contribution in [0.2, 0.25) is 0 Å². The Morgan fingerprint density at radius 3 is 2.90 bits per heavy atom. The normalized spacial score (nSPS) is 25.4. The molecule has 0 radical (unpaired) electrons. The number of non-ortho nitro benzene ring substituents is 1. The van der Waals surface area contributed by atoms with Gasteiger partial charge in [0.2, 0.25) is 0 Å². The Kier molecular flexibility index (Phi) is 3.89. The fraction of sp³-hybridized carbons (Fsp3) is 0.462. The number of rotatable bonds is 5. The van der Waals surface area contributed by atoms with E-state index in [-0.39, 0.29) is 11.8 Å². The first-order valence-electron chi connectivity index (χ1n) is 6.30. The van der Waals surface area contributed by atoms with Gasteiger partial charge in [0.05, 0.1) is 11.0 Å². The minimum Gasteiger partial charge on any atom is -0.490 e. The van der Waals surface area contributed by atoms with Gasteiger partial charge in [-0.15, -0.1) is 0 Å². The van der Waals surface area contributed by atoms with Gasteiger partial charge >= 0.3 is 5.97 Å². The van der Waals surface area contributed by atoms with Crippen molar-refractivity contribution in [2.75, 3.05) is 7.05 Å². The lowest BCUT2D eigenvalue weighted by molar-refractivity contribution is -0.384. The summed E-state index contributed by atoms with van der Waals surface area (Å²) in [6.45, 7) is 0. The maximum Gasteiger partial charge on any atom is 0.324 e. The molecule has 0 aliphatic heterocycles. The molecule has 7 heteroatoms. The fourth-order valence-corrected chi connectivity index (χ4v) is 2.49. The first-order valence-corrected chi connectivity index (χ1v) is 6.30.